The summed E-state index contributed by atoms with van der Waals surface area (Å²) in [6.07, 6.45) is 8.99. The molecule has 1 heteroatoms. The first-order valence-corrected chi connectivity index (χ1v) is 21.9. The van der Waals surface area contributed by atoms with Crippen molar-refractivity contribution in [3.8, 4) is 44.5 Å². The van der Waals surface area contributed by atoms with E-state index in [0.717, 1.165) is 11.4 Å². The Hall–Kier alpha value is -7.22. The van der Waals surface area contributed by atoms with Crippen molar-refractivity contribution in [2.45, 2.75) is 40.0 Å². The number of hydrogen-bond acceptors (Lipinski definition) is 1. The first kappa shape index (κ1) is 38.9. The molecular formula is C61H51N. The summed E-state index contributed by atoms with van der Waals surface area (Å²) >= 11 is 0. The number of fused-ring (bicyclic) bond motifs is 10. The Labute approximate surface area is 367 Å². The predicted octanol–water partition coefficient (Wildman–Crippen LogP) is 16.3. The first-order chi connectivity index (χ1) is 30.3. The Morgan fingerprint density at radius 1 is 0.403 bits per heavy atom. The Morgan fingerprint density at radius 2 is 0.984 bits per heavy atom. The van der Waals surface area contributed by atoms with Gasteiger partial charge in [-0.1, -0.05) is 195 Å². The van der Waals surface area contributed by atoms with E-state index in [2.05, 4.69) is 246 Å². The molecule has 0 saturated carbocycles. The molecule has 62 heavy (non-hydrogen) atoms. The van der Waals surface area contributed by atoms with Crippen LogP contribution in [0.2, 0.25) is 0 Å². The lowest BCUT2D eigenvalue weighted by molar-refractivity contribution is 0.793. The lowest BCUT2D eigenvalue weighted by Crippen LogP contribution is -2.26. The molecule has 0 fully saturated rings. The van der Waals surface area contributed by atoms with E-state index >= 15 is 0 Å². The summed E-state index contributed by atoms with van der Waals surface area (Å²) in [5.41, 5.74) is 25.4. The van der Waals surface area contributed by atoms with Gasteiger partial charge in [0.05, 0.1) is 5.41 Å². The summed E-state index contributed by atoms with van der Waals surface area (Å²) in [5, 5.41) is 3.77. The molecule has 1 spiro atoms. The summed E-state index contributed by atoms with van der Waals surface area (Å²) in [7, 11) is 0. The molecule has 0 saturated heterocycles. The van der Waals surface area contributed by atoms with E-state index < -0.39 is 0 Å². The van der Waals surface area contributed by atoms with Gasteiger partial charge >= 0.3 is 0 Å². The zero-order valence-electron chi connectivity index (χ0n) is 36.2. The number of hydrogen-bond donors (Lipinski definition) is 1. The molecule has 1 unspecified atom stereocenters. The van der Waals surface area contributed by atoms with Crippen molar-refractivity contribution in [2.75, 3.05) is 5.32 Å². The fourth-order valence-corrected chi connectivity index (χ4v) is 10.1. The van der Waals surface area contributed by atoms with Crippen LogP contribution in [-0.2, 0) is 5.41 Å². The van der Waals surface area contributed by atoms with Crippen molar-refractivity contribution in [3.05, 3.63) is 256 Å². The highest BCUT2D eigenvalue weighted by atomic mass is 14.9. The summed E-state index contributed by atoms with van der Waals surface area (Å²) < 4.78 is 0. The van der Waals surface area contributed by atoms with Crippen LogP contribution in [0.15, 0.2) is 212 Å². The number of rotatable bonds is 5. The van der Waals surface area contributed by atoms with Crippen molar-refractivity contribution < 1.29 is 0 Å². The molecule has 11 rings (SSSR count). The van der Waals surface area contributed by atoms with Crippen LogP contribution in [0.25, 0.3) is 50.1 Å². The molecule has 1 N–H and O–H groups in total. The second kappa shape index (κ2) is 16.0. The van der Waals surface area contributed by atoms with Crippen LogP contribution >= 0.6 is 0 Å². The summed E-state index contributed by atoms with van der Waals surface area (Å²) in [6, 6.07) is 66.8. The van der Waals surface area contributed by atoms with E-state index in [-0.39, 0.29) is 5.41 Å². The van der Waals surface area contributed by atoms with Crippen molar-refractivity contribution >= 4 is 16.9 Å². The molecule has 0 bridgehead atoms. The van der Waals surface area contributed by atoms with Crippen molar-refractivity contribution in [2.24, 2.45) is 5.92 Å². The normalized spacial score (nSPS) is 15.0. The van der Waals surface area contributed by atoms with E-state index in [9.17, 15) is 0 Å². The zero-order chi connectivity index (χ0) is 42.4. The third-order valence-corrected chi connectivity index (χ3v) is 13.0. The quantitative estimate of drug-likeness (QED) is 0.183. The zero-order valence-corrected chi connectivity index (χ0v) is 36.2. The van der Waals surface area contributed by atoms with Crippen LogP contribution in [0.1, 0.15) is 58.4 Å². The van der Waals surface area contributed by atoms with Crippen LogP contribution in [0.3, 0.4) is 0 Å². The molecule has 0 radical (unpaired) electrons. The van der Waals surface area contributed by atoms with Gasteiger partial charge in [-0.05, 0) is 147 Å². The van der Waals surface area contributed by atoms with Gasteiger partial charge in [0.1, 0.15) is 0 Å². The lowest BCUT2D eigenvalue weighted by Gasteiger charge is -2.31. The van der Waals surface area contributed by atoms with Gasteiger partial charge in [-0.25, -0.2) is 0 Å². The smallest absolute Gasteiger partial charge is 0.0725 e. The lowest BCUT2D eigenvalue weighted by atomic mass is 9.70. The third-order valence-electron chi connectivity index (χ3n) is 13.0. The third kappa shape index (κ3) is 6.75. The van der Waals surface area contributed by atoms with E-state index in [0.29, 0.717) is 5.92 Å². The Morgan fingerprint density at radius 3 is 1.71 bits per heavy atom. The standard InChI is InChI=1S/C45H33N.C16H18/c1-29-20-22-38-39-23-21-32(28-43(39)45(42(38)26-29)40-17-9-6-15-36(40)37-16-7-10-18-41(37)45)33-24-30(2)25-34(27-33)46-44-19-11-8-14-35(44)31-12-4-3-5-13-31;1-12-8-10-14(3)16(11-9-12)15-7-5-4-6-13(15)2/h3-28,46H,1-2H3;4-12H,1-3H3. The maximum Gasteiger partial charge on any atom is 0.0725 e. The number of allylic oxidation sites excluding steroid dienone is 6. The topological polar surface area (TPSA) is 12.0 Å². The maximum atomic E-state index is 3.77. The van der Waals surface area contributed by atoms with Crippen molar-refractivity contribution in [1.82, 2.24) is 0 Å². The number of nitrogens with one attached hydrogen (secondary N) is 1. The average Bonchev–Trinajstić information content (AvgIpc) is 3.68. The first-order valence-electron chi connectivity index (χ1n) is 21.9. The number of anilines is 2. The van der Waals surface area contributed by atoms with Gasteiger partial charge in [-0.15, -0.1) is 0 Å². The molecule has 1 nitrogen and oxygen atoms in total. The molecule has 300 valence electrons. The fourth-order valence-electron chi connectivity index (χ4n) is 10.1. The van der Waals surface area contributed by atoms with Crippen molar-refractivity contribution in [1.29, 1.82) is 0 Å². The summed E-state index contributed by atoms with van der Waals surface area (Å²) in [5.74, 6) is 0.525. The molecule has 0 aliphatic heterocycles. The minimum Gasteiger partial charge on any atom is -0.355 e. The molecule has 8 aromatic rings. The van der Waals surface area contributed by atoms with Gasteiger partial charge in [-0.3, -0.25) is 0 Å². The second-order valence-electron chi connectivity index (χ2n) is 17.3. The van der Waals surface area contributed by atoms with Gasteiger partial charge < -0.3 is 5.32 Å². The maximum absolute atomic E-state index is 3.77. The van der Waals surface area contributed by atoms with E-state index in [4.69, 9.17) is 0 Å². The van der Waals surface area contributed by atoms with Gasteiger partial charge in [0, 0.05) is 16.9 Å². The number of benzene rings is 8. The van der Waals surface area contributed by atoms with Crippen LogP contribution in [0, 0.1) is 26.7 Å². The summed E-state index contributed by atoms with van der Waals surface area (Å²) in [4.78, 5) is 0. The highest BCUT2D eigenvalue weighted by molar-refractivity contribution is 5.96. The molecule has 3 aliphatic rings. The van der Waals surface area contributed by atoms with Crippen LogP contribution in [0.5, 0.6) is 0 Å². The molecule has 3 aliphatic carbocycles. The monoisotopic (exact) mass is 797 g/mol. The molecule has 0 aromatic heterocycles. The second-order valence-corrected chi connectivity index (χ2v) is 17.3. The van der Waals surface area contributed by atoms with E-state index in [1.807, 2.05) is 0 Å². The summed E-state index contributed by atoms with van der Waals surface area (Å²) in [6.45, 7) is 11.0. The molecule has 0 heterocycles. The van der Waals surface area contributed by atoms with Crippen LogP contribution in [0.4, 0.5) is 11.4 Å². The van der Waals surface area contributed by atoms with Gasteiger partial charge in [-0.2, -0.15) is 0 Å². The molecule has 8 aromatic carbocycles. The molecular weight excluding hydrogens is 747 g/mol. The molecule has 1 atom stereocenters. The Kier molecular flexibility index (Phi) is 10.0. The van der Waals surface area contributed by atoms with Gasteiger partial charge in [0.25, 0.3) is 0 Å². The van der Waals surface area contributed by atoms with Crippen LogP contribution < -0.4 is 5.32 Å². The number of para-hydroxylation sites is 1. The average molecular weight is 798 g/mol. The highest BCUT2D eigenvalue weighted by Crippen LogP contribution is 2.63. The Balaban J connectivity index is 0.000000242. The SMILES string of the molecule is CC1=C(c2ccccc2C)C=CC(C)C=C1.Cc1cc(Nc2ccccc2-c2ccccc2)cc(-c2ccc3c(c2)C2(c4ccccc4-c4ccccc42)c2cc(C)ccc2-3)c1. The minimum atomic E-state index is -0.348. The number of aryl methyl sites for hydroxylation is 3. The van der Waals surface area contributed by atoms with Crippen molar-refractivity contribution in [3.63, 3.8) is 0 Å². The van der Waals surface area contributed by atoms with Crippen LogP contribution in [-0.4, -0.2) is 0 Å². The van der Waals surface area contributed by atoms with Gasteiger partial charge in [0.15, 0.2) is 0 Å². The largest absolute Gasteiger partial charge is 0.355 e. The van der Waals surface area contributed by atoms with E-state index in [1.165, 1.54) is 100 Å². The Bertz CT molecular complexity index is 3060. The predicted molar refractivity (Wildman–Crippen MR) is 264 cm³/mol. The molecule has 0 amide bonds. The fraction of sp³-hybridized carbons (Fsp3) is 0.115. The highest BCUT2D eigenvalue weighted by Gasteiger charge is 2.51. The van der Waals surface area contributed by atoms with Gasteiger partial charge in [0.2, 0.25) is 0 Å². The minimum absolute atomic E-state index is 0.348. The van der Waals surface area contributed by atoms with E-state index in [1.54, 1.807) is 0 Å².